The second kappa shape index (κ2) is 10.4. The van der Waals surface area contributed by atoms with Crippen LogP contribution in [0.15, 0.2) is 73.4 Å². The van der Waals surface area contributed by atoms with E-state index in [4.69, 9.17) is 9.84 Å². The van der Waals surface area contributed by atoms with Gasteiger partial charge in [0, 0.05) is 20.6 Å². The topological polar surface area (TPSA) is 137 Å². The van der Waals surface area contributed by atoms with Crippen LogP contribution >= 0.6 is 31.9 Å². The van der Waals surface area contributed by atoms with E-state index in [1.165, 1.54) is 24.4 Å². The fourth-order valence-corrected chi connectivity index (χ4v) is 4.23. The highest BCUT2D eigenvalue weighted by Crippen LogP contribution is 2.34. The number of carboxylic acid groups (broad SMARTS) is 1. The maximum absolute atomic E-state index is 13.0. The third-order valence-electron chi connectivity index (χ3n) is 5.13. The molecule has 3 aromatic carbocycles. The van der Waals surface area contributed by atoms with Gasteiger partial charge in [0.2, 0.25) is 5.75 Å². The second-order valence-electron chi connectivity index (χ2n) is 7.57. The van der Waals surface area contributed by atoms with Crippen molar-refractivity contribution in [2.45, 2.75) is 13.5 Å². The SMILES string of the molecule is Cc1nc2ccc(Br)cc2c(=O)n1N=Cc1cc(Br)cc([N+](=O)[O-])c1OCc1ccc(C(=O)O)cc1. The summed E-state index contributed by atoms with van der Waals surface area (Å²) < 4.78 is 8.03. The van der Waals surface area contributed by atoms with E-state index in [0.717, 1.165) is 4.68 Å². The minimum absolute atomic E-state index is 0.0588. The zero-order valence-electron chi connectivity index (χ0n) is 18.5. The molecule has 10 nitrogen and oxygen atoms in total. The van der Waals surface area contributed by atoms with Crippen molar-refractivity contribution in [1.29, 1.82) is 0 Å². The number of carboxylic acids is 1. The van der Waals surface area contributed by atoms with Crippen molar-refractivity contribution in [3.8, 4) is 5.75 Å². The van der Waals surface area contributed by atoms with Gasteiger partial charge in [-0.25, -0.2) is 9.78 Å². The Labute approximate surface area is 220 Å². The van der Waals surface area contributed by atoms with Gasteiger partial charge in [-0.2, -0.15) is 9.78 Å². The largest absolute Gasteiger partial charge is 0.481 e. The average molecular weight is 616 g/mol. The minimum Gasteiger partial charge on any atom is -0.481 e. The number of aryl methyl sites for hydroxylation is 1. The molecule has 1 aromatic heterocycles. The van der Waals surface area contributed by atoms with E-state index in [2.05, 4.69) is 41.9 Å². The number of nitro benzene ring substituents is 1. The highest BCUT2D eigenvalue weighted by Gasteiger charge is 2.21. The first kappa shape index (κ1) is 25.2. The Hall–Kier alpha value is -3.90. The molecule has 0 aliphatic rings. The van der Waals surface area contributed by atoms with Crippen LogP contribution in [0.2, 0.25) is 0 Å². The van der Waals surface area contributed by atoms with E-state index in [1.807, 2.05) is 0 Å². The zero-order valence-corrected chi connectivity index (χ0v) is 21.7. The smallest absolute Gasteiger partial charge is 0.335 e. The number of benzene rings is 3. The summed E-state index contributed by atoms with van der Waals surface area (Å²) in [5.41, 5.74) is 0.773. The molecule has 0 radical (unpaired) electrons. The van der Waals surface area contributed by atoms with Crippen molar-refractivity contribution in [2.75, 3.05) is 0 Å². The van der Waals surface area contributed by atoms with Crippen LogP contribution in [0.4, 0.5) is 5.69 Å². The molecule has 0 saturated heterocycles. The molecule has 0 spiro atoms. The van der Waals surface area contributed by atoms with Gasteiger partial charge in [-0.1, -0.05) is 44.0 Å². The lowest BCUT2D eigenvalue weighted by Gasteiger charge is -2.11. The van der Waals surface area contributed by atoms with Gasteiger partial charge in [-0.15, -0.1) is 0 Å². The molecule has 182 valence electrons. The normalized spacial score (nSPS) is 11.2. The highest BCUT2D eigenvalue weighted by molar-refractivity contribution is 9.10. The molecule has 0 bridgehead atoms. The first-order chi connectivity index (χ1) is 17.1. The number of carbonyl (C=O) groups is 1. The summed E-state index contributed by atoms with van der Waals surface area (Å²) in [6.07, 6.45) is 1.29. The van der Waals surface area contributed by atoms with Crippen LogP contribution in [-0.4, -0.2) is 31.9 Å². The van der Waals surface area contributed by atoms with Gasteiger partial charge >= 0.3 is 11.7 Å². The summed E-state index contributed by atoms with van der Waals surface area (Å²) in [5.74, 6) is -0.793. The number of hydrogen-bond acceptors (Lipinski definition) is 7. The third kappa shape index (κ3) is 5.34. The molecular weight excluding hydrogens is 600 g/mol. The van der Waals surface area contributed by atoms with Crippen LogP contribution in [0.5, 0.6) is 5.75 Å². The van der Waals surface area contributed by atoms with Gasteiger partial charge in [0.1, 0.15) is 12.4 Å². The molecule has 4 aromatic rings. The Morgan fingerprint density at radius 1 is 1.17 bits per heavy atom. The quantitative estimate of drug-likeness (QED) is 0.169. The number of nitrogens with zero attached hydrogens (tertiary/aromatic N) is 4. The zero-order chi connectivity index (χ0) is 26.0. The molecule has 0 fully saturated rings. The number of nitro groups is 1. The van der Waals surface area contributed by atoms with E-state index in [1.54, 1.807) is 43.3 Å². The summed E-state index contributed by atoms with van der Waals surface area (Å²) in [5, 5.41) is 25.4. The highest BCUT2D eigenvalue weighted by atomic mass is 79.9. The predicted molar refractivity (Wildman–Crippen MR) is 140 cm³/mol. The minimum atomic E-state index is -1.06. The van der Waals surface area contributed by atoms with Gasteiger partial charge in [0.05, 0.1) is 27.6 Å². The second-order valence-corrected chi connectivity index (χ2v) is 9.40. The monoisotopic (exact) mass is 614 g/mol. The number of rotatable bonds is 7. The van der Waals surface area contributed by atoms with E-state index >= 15 is 0 Å². The van der Waals surface area contributed by atoms with Crippen molar-refractivity contribution < 1.29 is 19.6 Å². The fourth-order valence-electron chi connectivity index (χ4n) is 3.40. The van der Waals surface area contributed by atoms with Crippen molar-refractivity contribution in [3.63, 3.8) is 0 Å². The van der Waals surface area contributed by atoms with E-state index in [0.29, 0.717) is 31.2 Å². The molecule has 36 heavy (non-hydrogen) atoms. The van der Waals surface area contributed by atoms with Crippen LogP contribution in [0.1, 0.15) is 27.3 Å². The fraction of sp³-hybridized carbons (Fsp3) is 0.0833. The van der Waals surface area contributed by atoms with Crippen LogP contribution < -0.4 is 10.3 Å². The van der Waals surface area contributed by atoms with Crippen LogP contribution in [0.25, 0.3) is 10.9 Å². The van der Waals surface area contributed by atoms with Gasteiger partial charge in [0.15, 0.2) is 0 Å². The van der Waals surface area contributed by atoms with Crippen molar-refractivity contribution in [3.05, 3.63) is 107 Å². The molecule has 1 heterocycles. The molecule has 0 aliphatic heterocycles. The van der Waals surface area contributed by atoms with Crippen LogP contribution in [0.3, 0.4) is 0 Å². The summed E-state index contributed by atoms with van der Waals surface area (Å²) in [4.78, 5) is 39.7. The first-order valence-electron chi connectivity index (χ1n) is 10.3. The summed E-state index contributed by atoms with van der Waals surface area (Å²) in [6, 6.07) is 14.0. The number of hydrogen-bond donors (Lipinski definition) is 1. The molecule has 4 rings (SSSR count). The van der Waals surface area contributed by atoms with E-state index in [9.17, 15) is 19.7 Å². The number of aromatic carboxylic acids is 1. The van der Waals surface area contributed by atoms with Crippen molar-refractivity contribution in [2.24, 2.45) is 5.10 Å². The summed E-state index contributed by atoms with van der Waals surface area (Å²) in [6.45, 7) is 1.57. The number of fused-ring (bicyclic) bond motifs is 1. The summed E-state index contributed by atoms with van der Waals surface area (Å²) >= 11 is 6.61. The Bertz CT molecular complexity index is 1600. The van der Waals surface area contributed by atoms with Crippen LogP contribution in [-0.2, 0) is 6.61 Å². The number of halogens is 2. The van der Waals surface area contributed by atoms with E-state index in [-0.39, 0.29) is 29.2 Å². The van der Waals surface area contributed by atoms with Crippen LogP contribution in [0, 0.1) is 17.0 Å². The summed E-state index contributed by atoms with van der Waals surface area (Å²) in [7, 11) is 0. The van der Waals surface area contributed by atoms with Gasteiger partial charge in [0.25, 0.3) is 5.56 Å². The van der Waals surface area contributed by atoms with E-state index < -0.39 is 16.5 Å². The van der Waals surface area contributed by atoms with Gasteiger partial charge in [-0.05, 0) is 48.9 Å². The molecular formula is C24H16Br2N4O6. The first-order valence-corrected chi connectivity index (χ1v) is 11.9. The lowest BCUT2D eigenvalue weighted by Crippen LogP contribution is -2.20. The molecule has 0 saturated carbocycles. The van der Waals surface area contributed by atoms with Gasteiger partial charge < -0.3 is 9.84 Å². The Balaban J connectivity index is 1.74. The Kier molecular flexibility index (Phi) is 7.27. The maximum Gasteiger partial charge on any atom is 0.335 e. The Morgan fingerprint density at radius 3 is 2.56 bits per heavy atom. The Morgan fingerprint density at radius 2 is 1.89 bits per heavy atom. The number of aromatic nitrogens is 2. The van der Waals surface area contributed by atoms with Crippen molar-refractivity contribution in [1.82, 2.24) is 9.66 Å². The molecule has 0 amide bonds. The average Bonchev–Trinajstić information content (AvgIpc) is 2.83. The number of ether oxygens (including phenoxy) is 1. The molecule has 1 N–H and O–H groups in total. The predicted octanol–water partition coefficient (Wildman–Crippen LogP) is 5.30. The lowest BCUT2D eigenvalue weighted by atomic mass is 10.1. The molecule has 0 aliphatic carbocycles. The molecule has 0 atom stereocenters. The molecule has 12 heteroatoms. The van der Waals surface area contributed by atoms with Crippen molar-refractivity contribution >= 4 is 60.6 Å². The maximum atomic E-state index is 13.0. The molecule has 0 unspecified atom stereocenters. The third-order valence-corrected chi connectivity index (χ3v) is 6.08. The lowest BCUT2D eigenvalue weighted by molar-refractivity contribution is -0.386. The standard InChI is InChI=1S/C24H16Br2N4O6/c1-13-28-20-7-6-17(25)9-19(20)23(31)29(13)27-11-16-8-18(26)10-21(30(34)35)22(16)36-12-14-2-4-15(5-3-14)24(32)33/h2-11H,12H2,1H3,(H,32,33). The van der Waals surface area contributed by atoms with Gasteiger partial charge in [-0.3, -0.25) is 14.9 Å².